The maximum atomic E-state index is 11.6. The summed E-state index contributed by atoms with van der Waals surface area (Å²) < 4.78 is 16.5. The number of rotatable bonds is 6. The van der Waals surface area contributed by atoms with Crippen LogP contribution >= 0.6 is 0 Å². The minimum atomic E-state index is -1.06. The van der Waals surface area contributed by atoms with Crippen LogP contribution in [0, 0.1) is 11.8 Å². The van der Waals surface area contributed by atoms with E-state index >= 15 is 0 Å². The molecule has 5 unspecified atom stereocenters. The van der Waals surface area contributed by atoms with Crippen molar-refractivity contribution < 1.29 is 34.0 Å². The van der Waals surface area contributed by atoms with Crippen molar-refractivity contribution in [2.75, 3.05) is 11.9 Å². The monoisotopic (exact) mass is 381 g/mol. The Kier molecular flexibility index (Phi) is 7.18. The molecule has 1 saturated heterocycles. The van der Waals surface area contributed by atoms with Crippen molar-refractivity contribution in [3.8, 4) is 5.75 Å². The van der Waals surface area contributed by atoms with Crippen LogP contribution in [0.4, 0.5) is 5.69 Å². The third-order valence-corrected chi connectivity index (χ3v) is 4.33. The van der Waals surface area contributed by atoms with Gasteiger partial charge < -0.3 is 29.7 Å². The molecule has 1 aromatic carbocycles. The molecule has 5 atom stereocenters. The molecule has 1 aliphatic rings. The molecular formula is C19H27NO7. The Morgan fingerprint density at radius 1 is 1.19 bits per heavy atom. The number of nitrogens with one attached hydrogen (secondary N) is 1. The molecule has 1 aliphatic heterocycles. The van der Waals surface area contributed by atoms with E-state index in [1.807, 2.05) is 0 Å². The van der Waals surface area contributed by atoms with Crippen LogP contribution in [0.5, 0.6) is 5.75 Å². The summed E-state index contributed by atoms with van der Waals surface area (Å²) in [4.78, 5) is 22.7. The summed E-state index contributed by atoms with van der Waals surface area (Å²) >= 11 is 0. The van der Waals surface area contributed by atoms with Gasteiger partial charge in [-0.05, 0) is 24.3 Å². The molecule has 0 bridgehead atoms. The van der Waals surface area contributed by atoms with Crippen LogP contribution in [0.15, 0.2) is 24.3 Å². The first-order chi connectivity index (χ1) is 12.7. The van der Waals surface area contributed by atoms with Crippen molar-refractivity contribution >= 4 is 17.6 Å². The van der Waals surface area contributed by atoms with Gasteiger partial charge in [0, 0.05) is 18.5 Å². The Bertz CT molecular complexity index is 646. The summed E-state index contributed by atoms with van der Waals surface area (Å²) in [5.41, 5.74) is 0.613. The second-order valence-electron chi connectivity index (χ2n) is 6.99. The highest BCUT2D eigenvalue weighted by atomic mass is 16.7. The van der Waals surface area contributed by atoms with Gasteiger partial charge in [-0.1, -0.05) is 20.8 Å². The van der Waals surface area contributed by atoms with Crippen molar-refractivity contribution in [2.45, 2.75) is 52.3 Å². The van der Waals surface area contributed by atoms with Gasteiger partial charge in [0.15, 0.2) is 0 Å². The van der Waals surface area contributed by atoms with Gasteiger partial charge in [0.25, 0.3) is 0 Å². The molecule has 8 heteroatoms. The third-order valence-electron chi connectivity index (χ3n) is 4.33. The number of benzene rings is 1. The van der Waals surface area contributed by atoms with E-state index in [0.717, 1.165) is 0 Å². The number of aliphatic hydroxyl groups is 2. The first kappa shape index (κ1) is 21.1. The molecule has 0 radical (unpaired) electrons. The molecule has 0 saturated carbocycles. The number of carbonyl (C=O) groups is 2. The van der Waals surface area contributed by atoms with E-state index in [1.165, 1.54) is 6.92 Å². The van der Waals surface area contributed by atoms with E-state index in [9.17, 15) is 19.8 Å². The molecule has 1 aromatic rings. The van der Waals surface area contributed by atoms with Gasteiger partial charge in [-0.15, -0.1) is 0 Å². The predicted molar refractivity (Wildman–Crippen MR) is 97.0 cm³/mol. The van der Waals surface area contributed by atoms with Crippen molar-refractivity contribution in [3.05, 3.63) is 24.3 Å². The number of ether oxygens (including phenoxy) is 3. The summed E-state index contributed by atoms with van der Waals surface area (Å²) in [7, 11) is 0. The fourth-order valence-corrected chi connectivity index (χ4v) is 2.64. The molecular weight excluding hydrogens is 354 g/mol. The summed E-state index contributed by atoms with van der Waals surface area (Å²) in [5, 5.41) is 23.3. The van der Waals surface area contributed by atoms with Crippen molar-refractivity contribution in [3.63, 3.8) is 0 Å². The van der Waals surface area contributed by atoms with Gasteiger partial charge in [-0.2, -0.15) is 0 Å². The highest BCUT2D eigenvalue weighted by Crippen LogP contribution is 2.29. The molecule has 1 amide bonds. The average molecular weight is 381 g/mol. The normalized spacial score (nSPS) is 27.9. The second kappa shape index (κ2) is 9.16. The van der Waals surface area contributed by atoms with Crippen LogP contribution in [-0.2, 0) is 19.1 Å². The first-order valence-corrected chi connectivity index (χ1v) is 8.91. The minimum absolute atomic E-state index is 0.128. The van der Waals surface area contributed by atoms with Gasteiger partial charge in [0.2, 0.25) is 12.2 Å². The lowest BCUT2D eigenvalue weighted by Crippen LogP contribution is -2.56. The van der Waals surface area contributed by atoms with Gasteiger partial charge in [-0.3, -0.25) is 9.59 Å². The summed E-state index contributed by atoms with van der Waals surface area (Å²) in [5.74, 6) is -0.977. The van der Waals surface area contributed by atoms with Crippen LogP contribution in [0.3, 0.4) is 0 Å². The average Bonchev–Trinajstić information content (AvgIpc) is 2.61. The second-order valence-corrected chi connectivity index (χ2v) is 6.99. The molecule has 0 aromatic heterocycles. The first-order valence-electron chi connectivity index (χ1n) is 8.91. The van der Waals surface area contributed by atoms with Crippen molar-refractivity contribution in [1.29, 1.82) is 0 Å². The molecule has 150 valence electrons. The van der Waals surface area contributed by atoms with Crippen molar-refractivity contribution in [1.82, 2.24) is 0 Å². The SMILES string of the molecule is CC(=O)Nc1ccc(OC2OC(COC(=O)C(C)C)C(O)C(C)C2O)cc1. The zero-order valence-electron chi connectivity index (χ0n) is 15.9. The van der Waals surface area contributed by atoms with Gasteiger partial charge in [0.05, 0.1) is 12.0 Å². The van der Waals surface area contributed by atoms with Crippen LogP contribution in [-0.4, -0.2) is 53.3 Å². The Labute approximate surface area is 158 Å². The molecule has 1 heterocycles. The number of aliphatic hydroxyl groups excluding tert-OH is 2. The molecule has 0 spiro atoms. The Balaban J connectivity index is 2.02. The highest BCUT2D eigenvalue weighted by molar-refractivity contribution is 5.88. The lowest BCUT2D eigenvalue weighted by Gasteiger charge is -2.40. The minimum Gasteiger partial charge on any atom is -0.463 e. The Morgan fingerprint density at radius 2 is 1.81 bits per heavy atom. The van der Waals surface area contributed by atoms with Gasteiger partial charge >= 0.3 is 5.97 Å². The molecule has 8 nitrogen and oxygen atoms in total. The summed E-state index contributed by atoms with van der Waals surface area (Å²) in [6.07, 6.45) is -3.90. The number of carbonyl (C=O) groups excluding carboxylic acids is 2. The van der Waals surface area contributed by atoms with E-state index in [-0.39, 0.29) is 18.4 Å². The lowest BCUT2D eigenvalue weighted by molar-refractivity contribution is -0.262. The van der Waals surface area contributed by atoms with E-state index < -0.39 is 36.5 Å². The van der Waals surface area contributed by atoms with Crippen LogP contribution in [0.2, 0.25) is 0 Å². The largest absolute Gasteiger partial charge is 0.463 e. The topological polar surface area (TPSA) is 114 Å². The number of amides is 1. The number of anilines is 1. The van der Waals surface area contributed by atoms with E-state index in [0.29, 0.717) is 11.4 Å². The van der Waals surface area contributed by atoms with E-state index in [4.69, 9.17) is 14.2 Å². The predicted octanol–water partition coefficient (Wildman–Crippen LogP) is 1.31. The third kappa shape index (κ3) is 5.66. The zero-order valence-corrected chi connectivity index (χ0v) is 15.9. The molecule has 1 fully saturated rings. The van der Waals surface area contributed by atoms with Gasteiger partial charge in [0.1, 0.15) is 24.6 Å². The Hall–Kier alpha value is -2.16. The smallest absolute Gasteiger partial charge is 0.308 e. The zero-order chi connectivity index (χ0) is 20.1. The Morgan fingerprint density at radius 3 is 2.37 bits per heavy atom. The number of hydrogen-bond acceptors (Lipinski definition) is 7. The van der Waals surface area contributed by atoms with E-state index in [2.05, 4.69) is 5.32 Å². The van der Waals surface area contributed by atoms with Crippen molar-refractivity contribution in [2.24, 2.45) is 11.8 Å². The maximum absolute atomic E-state index is 11.6. The van der Waals surface area contributed by atoms with Crippen LogP contribution in [0.25, 0.3) is 0 Å². The fraction of sp³-hybridized carbons (Fsp3) is 0.579. The number of esters is 1. The van der Waals surface area contributed by atoms with E-state index in [1.54, 1.807) is 45.0 Å². The lowest BCUT2D eigenvalue weighted by atomic mass is 9.91. The molecule has 2 rings (SSSR count). The summed E-state index contributed by atoms with van der Waals surface area (Å²) in [6.45, 7) is 6.38. The maximum Gasteiger partial charge on any atom is 0.308 e. The highest BCUT2D eigenvalue weighted by Gasteiger charge is 2.43. The summed E-state index contributed by atoms with van der Waals surface area (Å²) in [6, 6.07) is 6.58. The molecule has 0 aliphatic carbocycles. The van der Waals surface area contributed by atoms with Gasteiger partial charge in [-0.25, -0.2) is 0 Å². The van der Waals surface area contributed by atoms with Crippen LogP contribution < -0.4 is 10.1 Å². The van der Waals surface area contributed by atoms with Crippen LogP contribution in [0.1, 0.15) is 27.7 Å². The number of hydrogen-bond donors (Lipinski definition) is 3. The molecule has 3 N–H and O–H groups in total. The molecule has 27 heavy (non-hydrogen) atoms. The standard InChI is InChI=1S/C19H27NO7/c1-10(2)18(24)25-9-15-16(22)11(3)17(23)19(27-15)26-14-7-5-13(6-8-14)20-12(4)21/h5-8,10-11,15-17,19,22-23H,9H2,1-4H3,(H,20,21). The fourth-order valence-electron chi connectivity index (χ4n) is 2.64. The quantitative estimate of drug-likeness (QED) is 0.637.